The fraction of sp³-hybridized carbons (Fsp3) is 0.769. The molecule has 0 radical (unpaired) electrons. The number of rotatable bonds is 4. The Hall–Kier alpha value is -0.410. The molecule has 1 aliphatic carbocycles. The predicted molar refractivity (Wildman–Crippen MR) is 69.8 cm³/mol. The van der Waals surface area contributed by atoms with Gasteiger partial charge in [-0.2, -0.15) is 0 Å². The number of aromatic nitrogens is 1. The van der Waals surface area contributed by atoms with E-state index in [9.17, 15) is 0 Å². The van der Waals surface area contributed by atoms with Gasteiger partial charge in [-0.3, -0.25) is 0 Å². The molecule has 2 nitrogen and oxygen atoms in total. The van der Waals surface area contributed by atoms with Crippen LogP contribution in [0.4, 0.5) is 0 Å². The molecule has 0 bridgehead atoms. The van der Waals surface area contributed by atoms with Crippen LogP contribution in [-0.4, -0.2) is 11.5 Å². The SMILES string of the molecule is Cc1nc(C(C)NCC2(C)CCCC2)cs1. The standard InChI is InChI=1S/C13H22N2S/c1-10(12-8-16-11(2)15-12)14-9-13(3)6-4-5-7-13/h8,10,14H,4-7,9H2,1-3H3. The highest BCUT2D eigenvalue weighted by atomic mass is 32.1. The quantitative estimate of drug-likeness (QED) is 0.865. The number of nitrogens with one attached hydrogen (secondary N) is 1. The summed E-state index contributed by atoms with van der Waals surface area (Å²) in [7, 11) is 0. The Morgan fingerprint density at radius 1 is 1.50 bits per heavy atom. The Labute approximate surface area is 102 Å². The number of hydrogen-bond donors (Lipinski definition) is 1. The van der Waals surface area contributed by atoms with Crippen LogP contribution >= 0.6 is 11.3 Å². The van der Waals surface area contributed by atoms with E-state index in [2.05, 4.69) is 36.5 Å². The van der Waals surface area contributed by atoms with Gasteiger partial charge >= 0.3 is 0 Å². The third-order valence-corrected chi connectivity index (χ3v) is 4.52. The fourth-order valence-electron chi connectivity index (χ4n) is 2.49. The van der Waals surface area contributed by atoms with E-state index in [0.717, 1.165) is 11.6 Å². The van der Waals surface area contributed by atoms with Gasteiger partial charge in [0.05, 0.1) is 10.7 Å². The maximum Gasteiger partial charge on any atom is 0.0898 e. The molecule has 1 aromatic heterocycles. The lowest BCUT2D eigenvalue weighted by Gasteiger charge is -2.25. The molecule has 1 heterocycles. The van der Waals surface area contributed by atoms with Crippen LogP contribution in [0.15, 0.2) is 5.38 Å². The number of nitrogens with zero attached hydrogens (tertiary/aromatic N) is 1. The Morgan fingerprint density at radius 2 is 2.19 bits per heavy atom. The average molecular weight is 238 g/mol. The Balaban J connectivity index is 1.86. The molecule has 1 saturated carbocycles. The van der Waals surface area contributed by atoms with Gasteiger partial charge in [-0.25, -0.2) is 4.98 Å². The van der Waals surface area contributed by atoms with Gasteiger partial charge in [-0.1, -0.05) is 19.8 Å². The second kappa shape index (κ2) is 4.84. The fourth-order valence-corrected chi connectivity index (χ4v) is 3.19. The molecule has 1 atom stereocenters. The smallest absolute Gasteiger partial charge is 0.0898 e. The van der Waals surface area contributed by atoms with Crippen molar-refractivity contribution in [2.45, 2.75) is 52.5 Å². The summed E-state index contributed by atoms with van der Waals surface area (Å²) in [4.78, 5) is 4.53. The molecule has 3 heteroatoms. The van der Waals surface area contributed by atoms with Crippen LogP contribution in [0.3, 0.4) is 0 Å². The molecule has 1 fully saturated rings. The summed E-state index contributed by atoms with van der Waals surface area (Å²) in [5.74, 6) is 0. The lowest BCUT2D eigenvalue weighted by atomic mass is 9.88. The zero-order chi connectivity index (χ0) is 11.6. The summed E-state index contributed by atoms with van der Waals surface area (Å²) in [5, 5.41) is 6.97. The largest absolute Gasteiger partial charge is 0.308 e. The summed E-state index contributed by atoms with van der Waals surface area (Å²) in [6.07, 6.45) is 5.57. The average Bonchev–Trinajstić information content (AvgIpc) is 2.85. The lowest BCUT2D eigenvalue weighted by molar-refractivity contribution is 0.301. The lowest BCUT2D eigenvalue weighted by Crippen LogP contribution is -2.31. The molecule has 0 amide bonds. The number of hydrogen-bond acceptors (Lipinski definition) is 3. The summed E-state index contributed by atoms with van der Waals surface area (Å²) in [6, 6.07) is 0.391. The zero-order valence-corrected chi connectivity index (χ0v) is 11.4. The third-order valence-electron chi connectivity index (χ3n) is 3.73. The molecule has 16 heavy (non-hydrogen) atoms. The minimum atomic E-state index is 0.391. The van der Waals surface area contributed by atoms with Crippen LogP contribution < -0.4 is 5.32 Å². The van der Waals surface area contributed by atoms with Crippen molar-refractivity contribution in [1.29, 1.82) is 0 Å². The van der Waals surface area contributed by atoms with Crippen LogP contribution in [-0.2, 0) is 0 Å². The first kappa shape index (κ1) is 12.1. The van der Waals surface area contributed by atoms with Crippen molar-refractivity contribution in [3.05, 3.63) is 16.1 Å². The highest BCUT2D eigenvalue weighted by molar-refractivity contribution is 7.09. The topological polar surface area (TPSA) is 24.9 Å². The van der Waals surface area contributed by atoms with E-state index in [4.69, 9.17) is 0 Å². The first-order valence-electron chi connectivity index (χ1n) is 6.24. The first-order chi connectivity index (χ1) is 7.59. The van der Waals surface area contributed by atoms with E-state index in [-0.39, 0.29) is 0 Å². The number of thiazole rings is 1. The van der Waals surface area contributed by atoms with Crippen LogP contribution in [0.5, 0.6) is 0 Å². The van der Waals surface area contributed by atoms with Gasteiger partial charge in [0, 0.05) is 18.0 Å². The minimum absolute atomic E-state index is 0.391. The Kier molecular flexibility index (Phi) is 3.65. The van der Waals surface area contributed by atoms with Gasteiger partial charge in [-0.15, -0.1) is 11.3 Å². The van der Waals surface area contributed by atoms with Crippen molar-refractivity contribution in [2.24, 2.45) is 5.41 Å². The van der Waals surface area contributed by atoms with Crippen molar-refractivity contribution < 1.29 is 0 Å². The van der Waals surface area contributed by atoms with Gasteiger partial charge in [0.15, 0.2) is 0 Å². The molecule has 1 aromatic rings. The van der Waals surface area contributed by atoms with Crippen molar-refractivity contribution in [1.82, 2.24) is 10.3 Å². The molecule has 1 aliphatic rings. The van der Waals surface area contributed by atoms with Crippen molar-refractivity contribution in [3.63, 3.8) is 0 Å². The second-order valence-electron chi connectivity index (χ2n) is 5.41. The monoisotopic (exact) mass is 238 g/mol. The molecule has 0 aromatic carbocycles. The molecule has 1 N–H and O–H groups in total. The number of aryl methyl sites for hydroxylation is 1. The molecule has 2 rings (SSSR count). The Morgan fingerprint density at radius 3 is 2.75 bits per heavy atom. The van der Waals surface area contributed by atoms with Gasteiger partial charge < -0.3 is 5.32 Å². The first-order valence-corrected chi connectivity index (χ1v) is 7.12. The van der Waals surface area contributed by atoms with E-state index in [1.165, 1.54) is 31.4 Å². The molecular formula is C13H22N2S. The molecule has 0 aliphatic heterocycles. The normalized spacial score (nSPS) is 21.2. The maximum absolute atomic E-state index is 4.53. The molecule has 0 saturated heterocycles. The van der Waals surface area contributed by atoms with Gasteiger partial charge in [0.2, 0.25) is 0 Å². The van der Waals surface area contributed by atoms with E-state index in [1.807, 2.05) is 0 Å². The molecule has 1 unspecified atom stereocenters. The predicted octanol–water partition coefficient (Wildman–Crippen LogP) is 3.68. The molecule has 90 valence electrons. The summed E-state index contributed by atoms with van der Waals surface area (Å²) < 4.78 is 0. The van der Waals surface area contributed by atoms with E-state index >= 15 is 0 Å². The second-order valence-corrected chi connectivity index (χ2v) is 6.47. The summed E-state index contributed by atoms with van der Waals surface area (Å²) in [5.41, 5.74) is 1.73. The van der Waals surface area contributed by atoms with Crippen molar-refractivity contribution in [2.75, 3.05) is 6.54 Å². The molecule has 0 spiro atoms. The Bertz CT molecular complexity index is 339. The van der Waals surface area contributed by atoms with Crippen LogP contribution in [0.25, 0.3) is 0 Å². The van der Waals surface area contributed by atoms with E-state index in [0.29, 0.717) is 11.5 Å². The van der Waals surface area contributed by atoms with Gasteiger partial charge in [0.25, 0.3) is 0 Å². The van der Waals surface area contributed by atoms with Crippen molar-refractivity contribution in [3.8, 4) is 0 Å². The maximum atomic E-state index is 4.53. The van der Waals surface area contributed by atoms with Crippen LogP contribution in [0, 0.1) is 12.3 Å². The third kappa shape index (κ3) is 2.83. The molecular weight excluding hydrogens is 216 g/mol. The van der Waals surface area contributed by atoms with E-state index in [1.54, 1.807) is 11.3 Å². The summed E-state index contributed by atoms with van der Waals surface area (Å²) >= 11 is 1.74. The van der Waals surface area contributed by atoms with Crippen LogP contribution in [0.1, 0.15) is 56.3 Å². The van der Waals surface area contributed by atoms with E-state index < -0.39 is 0 Å². The van der Waals surface area contributed by atoms with Gasteiger partial charge in [0.1, 0.15) is 0 Å². The van der Waals surface area contributed by atoms with Crippen molar-refractivity contribution >= 4 is 11.3 Å². The highest BCUT2D eigenvalue weighted by Crippen LogP contribution is 2.37. The zero-order valence-electron chi connectivity index (χ0n) is 10.5. The van der Waals surface area contributed by atoms with Gasteiger partial charge in [-0.05, 0) is 32.1 Å². The summed E-state index contributed by atoms with van der Waals surface area (Å²) in [6.45, 7) is 7.82. The minimum Gasteiger partial charge on any atom is -0.308 e. The van der Waals surface area contributed by atoms with Crippen LogP contribution in [0.2, 0.25) is 0 Å². The highest BCUT2D eigenvalue weighted by Gasteiger charge is 2.28.